The van der Waals surface area contributed by atoms with Gasteiger partial charge in [0, 0.05) is 26.0 Å². The van der Waals surface area contributed by atoms with Crippen LogP contribution in [0.2, 0.25) is 5.02 Å². The summed E-state index contributed by atoms with van der Waals surface area (Å²) in [5, 5.41) is 0.752. The molecule has 4 heteroatoms. The van der Waals surface area contributed by atoms with Crippen LogP contribution < -0.4 is 9.80 Å². The Bertz CT molecular complexity index is 628. The van der Waals surface area contributed by atoms with Crippen molar-refractivity contribution < 1.29 is 0 Å². The lowest BCUT2D eigenvalue weighted by atomic mass is 10.1. The molecule has 0 aromatic heterocycles. The summed E-state index contributed by atoms with van der Waals surface area (Å²) in [5.74, 6) is 0.463. The summed E-state index contributed by atoms with van der Waals surface area (Å²) in [6.07, 6.45) is 0. The highest BCUT2D eigenvalue weighted by molar-refractivity contribution is 6.34. The van der Waals surface area contributed by atoms with Crippen LogP contribution in [0.4, 0.5) is 17.1 Å². The van der Waals surface area contributed by atoms with Crippen LogP contribution in [0.1, 0.15) is 5.56 Å². The number of hydrogen-bond acceptors (Lipinski definition) is 2. The average molecular weight is 307 g/mol. The van der Waals surface area contributed by atoms with E-state index in [0.29, 0.717) is 5.88 Å². The van der Waals surface area contributed by atoms with E-state index >= 15 is 0 Å². The van der Waals surface area contributed by atoms with E-state index in [4.69, 9.17) is 23.2 Å². The first-order chi connectivity index (χ1) is 9.72. The van der Waals surface area contributed by atoms with Gasteiger partial charge in [0.05, 0.1) is 22.1 Å². The zero-order valence-electron chi connectivity index (χ0n) is 11.3. The van der Waals surface area contributed by atoms with E-state index in [2.05, 4.69) is 41.1 Å². The van der Waals surface area contributed by atoms with Crippen molar-refractivity contribution in [2.45, 2.75) is 5.88 Å². The smallest absolute Gasteiger partial charge is 0.0649 e. The highest BCUT2D eigenvalue weighted by Gasteiger charge is 2.24. The minimum absolute atomic E-state index is 0.463. The van der Waals surface area contributed by atoms with Crippen LogP contribution in [0.15, 0.2) is 42.5 Å². The number of rotatable bonds is 2. The monoisotopic (exact) mass is 306 g/mol. The third kappa shape index (κ3) is 2.23. The molecule has 0 saturated carbocycles. The fourth-order valence-corrected chi connectivity index (χ4v) is 3.22. The van der Waals surface area contributed by atoms with E-state index in [1.165, 1.54) is 11.4 Å². The minimum atomic E-state index is 0.463. The van der Waals surface area contributed by atoms with Crippen LogP contribution in [-0.4, -0.2) is 20.1 Å². The SMILES string of the molecule is CN1CCN(c2c(Cl)cccc2CCl)c2ccccc21. The molecule has 2 aromatic carbocycles. The van der Waals surface area contributed by atoms with E-state index in [1.807, 2.05) is 18.2 Å². The molecule has 2 aromatic rings. The first kappa shape index (κ1) is 13.6. The standard InChI is InChI=1S/C16H16Cl2N2/c1-19-9-10-20(15-8-3-2-7-14(15)19)16-12(11-17)5-4-6-13(16)18/h2-8H,9-11H2,1H3. The molecule has 0 saturated heterocycles. The number of hydrogen-bond donors (Lipinski definition) is 0. The lowest BCUT2D eigenvalue weighted by molar-refractivity contribution is 0.820. The third-order valence-electron chi connectivity index (χ3n) is 3.73. The van der Waals surface area contributed by atoms with Crippen LogP contribution in [0, 0.1) is 0 Å². The van der Waals surface area contributed by atoms with Crippen LogP contribution in [0.3, 0.4) is 0 Å². The summed E-state index contributed by atoms with van der Waals surface area (Å²) >= 11 is 12.5. The van der Waals surface area contributed by atoms with Crippen molar-refractivity contribution in [1.29, 1.82) is 0 Å². The second kappa shape index (κ2) is 5.55. The van der Waals surface area contributed by atoms with E-state index in [9.17, 15) is 0 Å². The number of benzene rings is 2. The average Bonchev–Trinajstić information content (AvgIpc) is 2.48. The molecule has 20 heavy (non-hydrogen) atoms. The quantitative estimate of drug-likeness (QED) is 0.744. The van der Waals surface area contributed by atoms with E-state index < -0.39 is 0 Å². The molecule has 0 amide bonds. The van der Waals surface area contributed by atoms with Crippen LogP contribution in [-0.2, 0) is 5.88 Å². The predicted octanol–water partition coefficient (Wildman–Crippen LogP) is 4.67. The van der Waals surface area contributed by atoms with Crippen molar-refractivity contribution in [1.82, 2.24) is 0 Å². The summed E-state index contributed by atoms with van der Waals surface area (Å²) in [7, 11) is 2.12. The molecule has 0 N–H and O–H groups in total. The lowest BCUT2D eigenvalue weighted by Gasteiger charge is -2.38. The molecule has 104 valence electrons. The molecule has 3 rings (SSSR count). The molecule has 0 unspecified atom stereocenters. The van der Waals surface area contributed by atoms with Crippen molar-refractivity contribution >= 4 is 40.3 Å². The molecule has 0 fully saturated rings. The summed E-state index contributed by atoms with van der Waals surface area (Å²) in [5.41, 5.74) is 4.50. The van der Waals surface area contributed by atoms with Crippen molar-refractivity contribution in [2.24, 2.45) is 0 Å². The minimum Gasteiger partial charge on any atom is -0.371 e. The lowest BCUT2D eigenvalue weighted by Crippen LogP contribution is -2.36. The summed E-state index contributed by atoms with van der Waals surface area (Å²) < 4.78 is 0. The number of anilines is 3. The Hall–Kier alpha value is -1.38. The molecule has 0 aliphatic carbocycles. The molecule has 0 atom stereocenters. The maximum absolute atomic E-state index is 6.43. The largest absolute Gasteiger partial charge is 0.371 e. The normalized spacial score (nSPS) is 14.3. The Morgan fingerprint density at radius 2 is 1.75 bits per heavy atom. The van der Waals surface area contributed by atoms with E-state index in [-0.39, 0.29) is 0 Å². The zero-order valence-corrected chi connectivity index (χ0v) is 12.8. The summed E-state index contributed by atoms with van der Waals surface area (Å²) in [6, 6.07) is 14.3. The Balaban J connectivity index is 2.15. The van der Waals surface area contributed by atoms with Gasteiger partial charge in [0.15, 0.2) is 0 Å². The van der Waals surface area contributed by atoms with Gasteiger partial charge in [-0.2, -0.15) is 0 Å². The molecule has 1 aliphatic rings. The fourth-order valence-electron chi connectivity index (χ4n) is 2.71. The van der Waals surface area contributed by atoms with Crippen molar-refractivity contribution in [3.63, 3.8) is 0 Å². The fraction of sp³-hybridized carbons (Fsp3) is 0.250. The van der Waals surface area contributed by atoms with Crippen molar-refractivity contribution in [2.75, 3.05) is 29.9 Å². The Labute approximate surface area is 129 Å². The van der Waals surface area contributed by atoms with E-state index in [0.717, 1.165) is 29.4 Å². The zero-order chi connectivity index (χ0) is 14.1. The van der Waals surface area contributed by atoms with Gasteiger partial charge in [-0.05, 0) is 23.8 Å². The Morgan fingerprint density at radius 1 is 1.00 bits per heavy atom. The number of likely N-dealkylation sites (N-methyl/N-ethyl adjacent to an activating group) is 1. The van der Waals surface area contributed by atoms with Gasteiger partial charge in [-0.15, -0.1) is 11.6 Å². The number of halogens is 2. The topological polar surface area (TPSA) is 6.48 Å². The van der Waals surface area contributed by atoms with Crippen molar-refractivity contribution in [3.05, 3.63) is 53.1 Å². The first-order valence-electron chi connectivity index (χ1n) is 6.63. The molecule has 1 heterocycles. The van der Waals surface area contributed by atoms with Crippen LogP contribution in [0.5, 0.6) is 0 Å². The first-order valence-corrected chi connectivity index (χ1v) is 7.54. The number of alkyl halides is 1. The molecular weight excluding hydrogens is 291 g/mol. The molecule has 0 bridgehead atoms. The second-order valence-corrected chi connectivity index (χ2v) is 5.62. The van der Waals surface area contributed by atoms with Crippen LogP contribution >= 0.6 is 23.2 Å². The number of fused-ring (bicyclic) bond motifs is 1. The number of para-hydroxylation sites is 3. The third-order valence-corrected chi connectivity index (χ3v) is 4.32. The number of nitrogens with zero attached hydrogens (tertiary/aromatic N) is 2. The van der Waals surface area contributed by atoms with Gasteiger partial charge in [-0.3, -0.25) is 0 Å². The van der Waals surface area contributed by atoms with E-state index in [1.54, 1.807) is 0 Å². The summed E-state index contributed by atoms with van der Waals surface area (Å²) in [6.45, 7) is 1.87. The van der Waals surface area contributed by atoms with Gasteiger partial charge in [0.1, 0.15) is 0 Å². The highest BCUT2D eigenvalue weighted by atomic mass is 35.5. The molecular formula is C16H16Cl2N2. The maximum atomic E-state index is 6.43. The van der Waals surface area contributed by atoms with Crippen molar-refractivity contribution in [3.8, 4) is 0 Å². The Kier molecular flexibility index (Phi) is 3.77. The Morgan fingerprint density at radius 3 is 2.50 bits per heavy atom. The van der Waals surface area contributed by atoms with Gasteiger partial charge in [-0.1, -0.05) is 35.9 Å². The van der Waals surface area contributed by atoms with Gasteiger partial charge < -0.3 is 9.80 Å². The van der Waals surface area contributed by atoms with Gasteiger partial charge in [-0.25, -0.2) is 0 Å². The van der Waals surface area contributed by atoms with Gasteiger partial charge in [0.25, 0.3) is 0 Å². The van der Waals surface area contributed by atoms with Gasteiger partial charge >= 0.3 is 0 Å². The molecule has 0 spiro atoms. The predicted molar refractivity (Wildman–Crippen MR) is 87.7 cm³/mol. The highest BCUT2D eigenvalue weighted by Crippen LogP contribution is 2.41. The van der Waals surface area contributed by atoms with Crippen LogP contribution in [0.25, 0.3) is 0 Å². The molecule has 0 radical (unpaired) electrons. The molecule has 1 aliphatic heterocycles. The van der Waals surface area contributed by atoms with Gasteiger partial charge in [0.2, 0.25) is 0 Å². The molecule has 2 nitrogen and oxygen atoms in total. The summed E-state index contributed by atoms with van der Waals surface area (Å²) in [4.78, 5) is 4.54. The maximum Gasteiger partial charge on any atom is 0.0649 e. The second-order valence-electron chi connectivity index (χ2n) is 4.94.